The molecule has 34 heavy (non-hydrogen) atoms. The highest BCUT2D eigenvalue weighted by Crippen LogP contribution is 2.46. The van der Waals surface area contributed by atoms with E-state index in [2.05, 4.69) is 47.6 Å². The van der Waals surface area contributed by atoms with Gasteiger partial charge in [-0.3, -0.25) is 4.79 Å². The molecule has 0 spiro atoms. The van der Waals surface area contributed by atoms with Crippen LogP contribution in [0.15, 0.2) is 42.5 Å². The second kappa shape index (κ2) is 10.0. The van der Waals surface area contributed by atoms with Crippen molar-refractivity contribution in [1.82, 2.24) is 5.32 Å². The van der Waals surface area contributed by atoms with E-state index in [1.807, 2.05) is 12.1 Å². The van der Waals surface area contributed by atoms with E-state index in [4.69, 9.17) is 4.74 Å². The van der Waals surface area contributed by atoms with Gasteiger partial charge < -0.3 is 25.4 Å². The number of carboxylic acid groups (broad SMARTS) is 1. The number of ether oxygens (including phenoxy) is 1. The van der Waals surface area contributed by atoms with Gasteiger partial charge >= 0.3 is 5.97 Å². The Balaban J connectivity index is 1.72. The molecule has 0 saturated carbocycles. The number of benzene rings is 3. The fraction of sp³-hybridized carbons (Fsp3) is 0.333. The molecule has 3 aromatic carbocycles. The summed E-state index contributed by atoms with van der Waals surface area (Å²) in [5.41, 5.74) is 2.44. The molecule has 178 valence electrons. The van der Waals surface area contributed by atoms with Crippen molar-refractivity contribution in [2.75, 3.05) is 30.4 Å². The quantitative estimate of drug-likeness (QED) is 0.277. The number of hydrogen-bond acceptors (Lipinski definition) is 5. The molecular formula is C27H31N3O4. The maximum Gasteiger partial charge on any atom is 0.337 e. The Morgan fingerprint density at radius 2 is 1.71 bits per heavy atom. The Labute approximate surface area is 199 Å². The van der Waals surface area contributed by atoms with Gasteiger partial charge in [0.25, 0.3) is 5.91 Å². The lowest BCUT2D eigenvalue weighted by Gasteiger charge is -2.26. The van der Waals surface area contributed by atoms with Crippen LogP contribution in [0.3, 0.4) is 0 Å². The third kappa shape index (κ3) is 4.64. The number of hydrogen-bond donors (Lipinski definition) is 3. The van der Waals surface area contributed by atoms with Crippen LogP contribution < -0.4 is 20.3 Å². The number of anilines is 3. The van der Waals surface area contributed by atoms with Crippen LogP contribution in [-0.2, 0) is 0 Å². The summed E-state index contributed by atoms with van der Waals surface area (Å²) in [7, 11) is 1.50. The average Bonchev–Trinajstić information content (AvgIpc) is 2.84. The molecule has 3 N–H and O–H groups in total. The Morgan fingerprint density at radius 3 is 2.35 bits per heavy atom. The summed E-state index contributed by atoms with van der Waals surface area (Å²) in [6.07, 6.45) is 4.60. The molecular weight excluding hydrogens is 430 g/mol. The van der Waals surface area contributed by atoms with Gasteiger partial charge in [-0.2, -0.15) is 0 Å². The second-order valence-electron chi connectivity index (χ2n) is 8.58. The first-order valence-electron chi connectivity index (χ1n) is 11.9. The molecule has 0 bridgehead atoms. The van der Waals surface area contributed by atoms with E-state index in [1.54, 1.807) is 6.07 Å². The van der Waals surface area contributed by atoms with E-state index in [9.17, 15) is 14.7 Å². The van der Waals surface area contributed by atoms with Crippen LogP contribution in [0.25, 0.3) is 10.8 Å². The van der Waals surface area contributed by atoms with E-state index in [1.165, 1.54) is 18.8 Å². The van der Waals surface area contributed by atoms with Crippen molar-refractivity contribution in [3.8, 4) is 11.5 Å². The number of carbonyl (C=O) groups is 2. The van der Waals surface area contributed by atoms with Crippen molar-refractivity contribution >= 4 is 39.7 Å². The molecule has 0 aromatic heterocycles. The molecule has 0 aliphatic carbocycles. The zero-order chi connectivity index (χ0) is 24.2. The van der Waals surface area contributed by atoms with E-state index in [0.29, 0.717) is 22.9 Å². The molecule has 4 rings (SSSR count). The van der Waals surface area contributed by atoms with Gasteiger partial charge in [-0.25, -0.2) is 4.79 Å². The second-order valence-corrected chi connectivity index (χ2v) is 8.58. The van der Waals surface area contributed by atoms with Gasteiger partial charge in [-0.05, 0) is 60.0 Å². The van der Waals surface area contributed by atoms with Crippen molar-refractivity contribution in [3.05, 3.63) is 53.6 Å². The summed E-state index contributed by atoms with van der Waals surface area (Å²) >= 11 is 0. The first-order valence-corrected chi connectivity index (χ1v) is 11.9. The molecule has 1 aliphatic heterocycles. The van der Waals surface area contributed by atoms with Crippen LogP contribution >= 0.6 is 0 Å². The predicted octanol–water partition coefficient (Wildman–Crippen LogP) is 6.15. The van der Waals surface area contributed by atoms with Crippen LogP contribution in [0.1, 0.15) is 60.2 Å². The van der Waals surface area contributed by atoms with Crippen molar-refractivity contribution in [2.45, 2.75) is 39.5 Å². The lowest BCUT2D eigenvalue weighted by Crippen LogP contribution is -2.25. The number of carboxylic acids is 1. The summed E-state index contributed by atoms with van der Waals surface area (Å²) in [4.78, 5) is 26.5. The molecule has 1 amide bonds. The summed E-state index contributed by atoms with van der Waals surface area (Å²) in [6.45, 7) is 6.46. The molecule has 0 unspecified atom stereocenters. The fourth-order valence-electron chi connectivity index (χ4n) is 4.23. The minimum atomic E-state index is -1.13. The zero-order valence-corrected chi connectivity index (χ0v) is 19.9. The molecule has 0 saturated heterocycles. The third-order valence-corrected chi connectivity index (χ3v) is 6.15. The van der Waals surface area contributed by atoms with E-state index in [-0.39, 0.29) is 17.0 Å². The number of aromatic carboxylic acids is 1. The van der Waals surface area contributed by atoms with Gasteiger partial charge in [-0.15, -0.1) is 0 Å². The molecule has 0 fully saturated rings. The number of nitrogens with zero attached hydrogens (tertiary/aromatic N) is 1. The number of unbranched alkanes of at least 4 members (excludes halogenated alkanes) is 2. The first-order chi connectivity index (χ1) is 16.4. The maximum absolute atomic E-state index is 12.1. The van der Waals surface area contributed by atoms with Crippen LogP contribution in [0.2, 0.25) is 0 Å². The number of rotatable bonds is 9. The topological polar surface area (TPSA) is 90.9 Å². The predicted molar refractivity (Wildman–Crippen MR) is 136 cm³/mol. The normalized spacial score (nSPS) is 11.7. The molecule has 0 radical (unpaired) electrons. The van der Waals surface area contributed by atoms with Crippen molar-refractivity contribution in [1.29, 1.82) is 0 Å². The number of fused-ring (bicyclic) bond motifs is 3. The third-order valence-electron chi connectivity index (χ3n) is 6.15. The minimum absolute atomic E-state index is 0.0131. The summed E-state index contributed by atoms with van der Waals surface area (Å²) < 4.78 is 6.08. The number of amides is 1. The van der Waals surface area contributed by atoms with Crippen LogP contribution in [0.5, 0.6) is 11.5 Å². The molecule has 7 nitrogen and oxygen atoms in total. The first kappa shape index (κ1) is 23.4. The fourth-order valence-corrected chi connectivity index (χ4v) is 4.23. The van der Waals surface area contributed by atoms with Gasteiger partial charge in [-0.1, -0.05) is 32.8 Å². The maximum atomic E-state index is 12.1. The van der Waals surface area contributed by atoms with Crippen LogP contribution in [0.4, 0.5) is 17.1 Å². The summed E-state index contributed by atoms with van der Waals surface area (Å²) in [5, 5.41) is 17.6. The van der Waals surface area contributed by atoms with Gasteiger partial charge in [0.05, 0.1) is 16.9 Å². The van der Waals surface area contributed by atoms with Crippen molar-refractivity contribution in [3.63, 3.8) is 0 Å². The van der Waals surface area contributed by atoms with Crippen molar-refractivity contribution < 1.29 is 19.4 Å². The Hall–Kier alpha value is -3.74. The van der Waals surface area contributed by atoms with Gasteiger partial charge in [0, 0.05) is 31.4 Å². The van der Waals surface area contributed by atoms with Gasteiger partial charge in [0.2, 0.25) is 0 Å². The Kier molecular flexibility index (Phi) is 6.91. The highest BCUT2D eigenvalue weighted by molar-refractivity contribution is 6.04. The minimum Gasteiger partial charge on any atom is -0.478 e. The Bertz CT molecular complexity index is 1230. The standard InChI is InChI=1S/C27H31N3O4/c1-4-6-10-30(11-7-5-2)20-9-8-17-15-23-22(14-18(17)12-20)29-25-21(27(32)33)13-19(26(31)28-3)16-24(25)34-23/h8-9,12-16,29H,4-7,10-11H2,1-3H3,(H,28,31)(H,32,33). The molecule has 1 aliphatic rings. The lowest BCUT2D eigenvalue weighted by atomic mass is 10.0. The number of carbonyl (C=O) groups excluding carboxylic acids is 1. The molecule has 7 heteroatoms. The van der Waals surface area contributed by atoms with Crippen LogP contribution in [0, 0.1) is 0 Å². The SMILES string of the molecule is CCCCN(CCCC)c1ccc2cc3c(cc2c1)Nc1c(cc(C(=O)NC)cc1C(=O)O)O3. The Morgan fingerprint density at radius 1 is 0.971 bits per heavy atom. The van der Waals surface area contributed by atoms with Gasteiger partial charge in [0.15, 0.2) is 11.5 Å². The van der Waals surface area contributed by atoms with E-state index in [0.717, 1.165) is 49.5 Å². The van der Waals surface area contributed by atoms with Gasteiger partial charge in [0.1, 0.15) is 0 Å². The molecule has 3 aromatic rings. The highest BCUT2D eigenvalue weighted by atomic mass is 16.5. The van der Waals surface area contributed by atoms with Crippen LogP contribution in [-0.4, -0.2) is 37.1 Å². The molecule has 0 atom stereocenters. The lowest BCUT2D eigenvalue weighted by molar-refractivity contribution is 0.0697. The number of nitrogens with one attached hydrogen (secondary N) is 2. The summed E-state index contributed by atoms with van der Waals surface area (Å²) in [5.74, 6) is -0.604. The zero-order valence-electron chi connectivity index (χ0n) is 19.9. The average molecular weight is 462 g/mol. The van der Waals surface area contributed by atoms with E-state index >= 15 is 0 Å². The largest absolute Gasteiger partial charge is 0.478 e. The highest BCUT2D eigenvalue weighted by Gasteiger charge is 2.25. The molecule has 1 heterocycles. The van der Waals surface area contributed by atoms with Crippen molar-refractivity contribution in [2.24, 2.45) is 0 Å². The summed E-state index contributed by atoms with van der Waals surface area (Å²) in [6, 6.07) is 13.3. The monoisotopic (exact) mass is 461 g/mol. The van der Waals surface area contributed by atoms with E-state index < -0.39 is 5.97 Å². The smallest absolute Gasteiger partial charge is 0.337 e.